The van der Waals surface area contributed by atoms with E-state index >= 15 is 0 Å². The van der Waals surface area contributed by atoms with Crippen LogP contribution in [0, 0.1) is 6.92 Å². The van der Waals surface area contributed by atoms with Crippen LogP contribution in [0.15, 0.2) is 95.9 Å². The van der Waals surface area contributed by atoms with Crippen LogP contribution in [0.4, 0.5) is 0 Å². The molecule has 0 N–H and O–H groups in total. The predicted octanol–water partition coefficient (Wildman–Crippen LogP) is 9.94. The molecule has 0 aliphatic rings. The number of allylic oxidation sites excluding steroid dienone is 2. The molecule has 0 aliphatic heterocycles. The molecule has 0 fully saturated rings. The predicted molar refractivity (Wildman–Crippen MR) is 149 cm³/mol. The topological polar surface area (TPSA) is 13.1 Å². The lowest BCUT2D eigenvalue weighted by molar-refractivity contribution is 0.577. The van der Waals surface area contributed by atoms with Gasteiger partial charge in [0.25, 0.3) is 0 Å². The van der Waals surface area contributed by atoms with Crippen molar-refractivity contribution < 1.29 is 4.42 Å². The number of fused-ring (bicyclic) bond motifs is 2. The van der Waals surface area contributed by atoms with Crippen molar-refractivity contribution in [3.05, 3.63) is 114 Å². The molecule has 0 bridgehead atoms. The summed E-state index contributed by atoms with van der Waals surface area (Å²) in [5.41, 5.74) is 9.19. The molecular formula is C33H28O. The molecule has 0 aliphatic carbocycles. The second-order valence-electron chi connectivity index (χ2n) is 8.48. The van der Waals surface area contributed by atoms with Crippen molar-refractivity contribution in [2.24, 2.45) is 0 Å². The minimum atomic E-state index is 0.913. The van der Waals surface area contributed by atoms with E-state index in [1.54, 1.807) is 0 Å². The molecule has 166 valence electrons. The Morgan fingerprint density at radius 3 is 1.91 bits per heavy atom. The normalized spacial score (nSPS) is 11.9. The van der Waals surface area contributed by atoms with Crippen molar-refractivity contribution in [2.75, 3.05) is 0 Å². The average molecular weight is 441 g/mol. The number of benzene rings is 4. The zero-order valence-electron chi connectivity index (χ0n) is 19.9. The van der Waals surface area contributed by atoms with Crippen LogP contribution in [-0.2, 0) is 0 Å². The van der Waals surface area contributed by atoms with E-state index in [1.165, 1.54) is 38.6 Å². The van der Waals surface area contributed by atoms with E-state index in [1.807, 2.05) is 19.9 Å². The Hall–Kier alpha value is -4.10. The summed E-state index contributed by atoms with van der Waals surface area (Å²) < 4.78 is 6.05. The van der Waals surface area contributed by atoms with Gasteiger partial charge in [-0.1, -0.05) is 97.6 Å². The van der Waals surface area contributed by atoms with E-state index in [2.05, 4.69) is 111 Å². The van der Waals surface area contributed by atoms with Crippen LogP contribution in [0.1, 0.15) is 36.3 Å². The molecule has 34 heavy (non-hydrogen) atoms. The Morgan fingerprint density at radius 1 is 0.647 bits per heavy atom. The Bertz CT molecular complexity index is 1580. The third kappa shape index (κ3) is 3.50. The summed E-state index contributed by atoms with van der Waals surface area (Å²) in [6, 6.07) is 25.8. The largest absolute Gasteiger partial charge is 0.461 e. The summed E-state index contributed by atoms with van der Waals surface area (Å²) >= 11 is 0. The van der Waals surface area contributed by atoms with Crippen molar-refractivity contribution in [1.82, 2.24) is 0 Å². The Morgan fingerprint density at radius 2 is 1.26 bits per heavy atom. The van der Waals surface area contributed by atoms with E-state index in [9.17, 15) is 0 Å². The van der Waals surface area contributed by atoms with Gasteiger partial charge in [0.2, 0.25) is 0 Å². The summed E-state index contributed by atoms with van der Waals surface area (Å²) in [5.74, 6) is 0.940. The quantitative estimate of drug-likeness (QED) is 0.265. The van der Waals surface area contributed by atoms with E-state index in [4.69, 9.17) is 4.42 Å². The monoisotopic (exact) mass is 440 g/mol. The van der Waals surface area contributed by atoms with Crippen molar-refractivity contribution in [3.63, 3.8) is 0 Å². The van der Waals surface area contributed by atoms with Crippen LogP contribution >= 0.6 is 0 Å². The molecule has 1 nitrogen and oxygen atoms in total. The first kappa shape index (κ1) is 21.7. The van der Waals surface area contributed by atoms with Crippen LogP contribution < -0.4 is 0 Å². The van der Waals surface area contributed by atoms with Crippen LogP contribution in [0.3, 0.4) is 0 Å². The van der Waals surface area contributed by atoms with Crippen LogP contribution in [0.2, 0.25) is 0 Å². The molecule has 0 atom stereocenters. The molecule has 0 spiro atoms. The highest BCUT2D eigenvalue weighted by molar-refractivity contribution is 6.12. The van der Waals surface area contributed by atoms with Crippen molar-refractivity contribution in [3.8, 4) is 22.3 Å². The van der Waals surface area contributed by atoms with E-state index < -0.39 is 0 Å². The summed E-state index contributed by atoms with van der Waals surface area (Å²) in [4.78, 5) is 0. The van der Waals surface area contributed by atoms with Gasteiger partial charge in [-0.25, -0.2) is 0 Å². The molecule has 1 heterocycles. The summed E-state index contributed by atoms with van der Waals surface area (Å²) in [6.07, 6.45) is 10.5. The molecule has 0 saturated heterocycles. The standard InChI is InChI=1S/C33H28O/c1-5-13-26-22(4)34-31-20-19-24(21-30(26)31)33-27(14-6-2)25(7-3)32(23-15-9-8-10-16-23)28-17-11-12-18-29(28)33/h5-21H,3H2,1-2,4H3/b13-5-,14-6-. The maximum Gasteiger partial charge on any atom is 0.134 e. The van der Waals surface area contributed by atoms with Gasteiger partial charge in [0.05, 0.1) is 0 Å². The average Bonchev–Trinajstić information content (AvgIpc) is 3.18. The molecule has 5 aromatic rings. The van der Waals surface area contributed by atoms with E-state index in [0.717, 1.165) is 27.9 Å². The molecule has 0 saturated carbocycles. The maximum absolute atomic E-state index is 6.05. The minimum Gasteiger partial charge on any atom is -0.461 e. The first-order chi connectivity index (χ1) is 16.7. The number of hydrogen-bond acceptors (Lipinski definition) is 1. The van der Waals surface area contributed by atoms with Gasteiger partial charge in [0.15, 0.2) is 0 Å². The van der Waals surface area contributed by atoms with Gasteiger partial charge >= 0.3 is 0 Å². The van der Waals surface area contributed by atoms with Gasteiger partial charge < -0.3 is 4.42 Å². The van der Waals surface area contributed by atoms with E-state index in [0.29, 0.717) is 0 Å². The van der Waals surface area contributed by atoms with Gasteiger partial charge in [-0.15, -0.1) is 0 Å². The van der Waals surface area contributed by atoms with E-state index in [-0.39, 0.29) is 0 Å². The number of rotatable bonds is 5. The zero-order chi connectivity index (χ0) is 23.7. The van der Waals surface area contributed by atoms with Crippen LogP contribution in [0.5, 0.6) is 0 Å². The van der Waals surface area contributed by atoms with Crippen molar-refractivity contribution >= 4 is 40.0 Å². The lowest BCUT2D eigenvalue weighted by atomic mass is 9.83. The first-order valence-electron chi connectivity index (χ1n) is 11.7. The number of hydrogen-bond donors (Lipinski definition) is 0. The fourth-order valence-corrected chi connectivity index (χ4v) is 5.03. The van der Waals surface area contributed by atoms with Gasteiger partial charge in [-0.05, 0) is 77.1 Å². The SMILES string of the molecule is C=Cc1c(/C=C\C)c(-c2ccc3oc(C)c(/C=C\C)c3c2)c2ccccc2c1-c1ccccc1. The fourth-order valence-electron chi connectivity index (χ4n) is 5.03. The van der Waals surface area contributed by atoms with Gasteiger partial charge in [-0.3, -0.25) is 0 Å². The molecule has 0 amide bonds. The smallest absolute Gasteiger partial charge is 0.134 e. The fraction of sp³-hybridized carbons (Fsp3) is 0.0909. The van der Waals surface area contributed by atoms with Crippen molar-refractivity contribution in [1.29, 1.82) is 0 Å². The van der Waals surface area contributed by atoms with Gasteiger partial charge in [0, 0.05) is 10.9 Å². The second-order valence-corrected chi connectivity index (χ2v) is 8.48. The zero-order valence-corrected chi connectivity index (χ0v) is 19.9. The van der Waals surface area contributed by atoms with Crippen LogP contribution in [0.25, 0.3) is 62.2 Å². The Kier molecular flexibility index (Phi) is 5.77. The third-order valence-corrected chi connectivity index (χ3v) is 6.43. The molecule has 0 unspecified atom stereocenters. The molecule has 1 heteroatoms. The summed E-state index contributed by atoms with van der Waals surface area (Å²) in [5, 5.41) is 3.59. The van der Waals surface area contributed by atoms with Crippen LogP contribution in [-0.4, -0.2) is 0 Å². The molecule has 5 rings (SSSR count). The highest BCUT2D eigenvalue weighted by atomic mass is 16.3. The second kappa shape index (κ2) is 9.03. The highest BCUT2D eigenvalue weighted by Crippen LogP contribution is 2.44. The lowest BCUT2D eigenvalue weighted by Crippen LogP contribution is -1.96. The summed E-state index contributed by atoms with van der Waals surface area (Å²) in [7, 11) is 0. The molecule has 1 aromatic heterocycles. The Labute approximate surface area is 201 Å². The minimum absolute atomic E-state index is 0.913. The highest BCUT2D eigenvalue weighted by Gasteiger charge is 2.19. The lowest BCUT2D eigenvalue weighted by Gasteiger charge is -2.20. The number of aryl methyl sites for hydroxylation is 1. The number of furan rings is 1. The van der Waals surface area contributed by atoms with Gasteiger partial charge in [-0.2, -0.15) is 0 Å². The first-order valence-corrected chi connectivity index (χ1v) is 11.7. The third-order valence-electron chi connectivity index (χ3n) is 6.43. The van der Waals surface area contributed by atoms with Crippen molar-refractivity contribution in [2.45, 2.75) is 20.8 Å². The molecular weight excluding hydrogens is 412 g/mol. The van der Waals surface area contributed by atoms with Gasteiger partial charge in [0.1, 0.15) is 11.3 Å². The maximum atomic E-state index is 6.05. The molecule has 4 aromatic carbocycles. The summed E-state index contributed by atoms with van der Waals surface area (Å²) in [6.45, 7) is 10.4. The molecule has 0 radical (unpaired) electrons. The Balaban J connectivity index is 1.93.